The van der Waals surface area contributed by atoms with Crippen LogP contribution in [0.3, 0.4) is 0 Å². The van der Waals surface area contributed by atoms with Crippen molar-refractivity contribution in [1.82, 2.24) is 9.97 Å². The molecule has 1 aliphatic carbocycles. The number of hydrogen-bond acceptors (Lipinski definition) is 3. The molecule has 0 radical (unpaired) electrons. The maximum absolute atomic E-state index is 10.8. The third-order valence-electron chi connectivity index (χ3n) is 4.21. The van der Waals surface area contributed by atoms with Gasteiger partial charge in [0.05, 0.1) is 5.69 Å². The summed E-state index contributed by atoms with van der Waals surface area (Å²) in [6.07, 6.45) is 7.07. The molecule has 1 aliphatic rings. The lowest BCUT2D eigenvalue weighted by atomic mass is 9.81. The van der Waals surface area contributed by atoms with E-state index in [0.29, 0.717) is 0 Å². The SMILES string of the molecule is CCc1cccnc1C(O)C1CCCc2cccnc21. The topological polar surface area (TPSA) is 46.0 Å². The molecule has 3 heteroatoms. The smallest absolute Gasteiger partial charge is 0.105 e. The molecule has 104 valence electrons. The summed E-state index contributed by atoms with van der Waals surface area (Å²) in [5, 5.41) is 10.8. The van der Waals surface area contributed by atoms with Gasteiger partial charge in [0.2, 0.25) is 0 Å². The summed E-state index contributed by atoms with van der Waals surface area (Å²) >= 11 is 0. The molecule has 0 bridgehead atoms. The molecule has 0 saturated heterocycles. The Hall–Kier alpha value is -1.74. The highest BCUT2D eigenvalue weighted by Crippen LogP contribution is 2.39. The van der Waals surface area contributed by atoms with Crippen LogP contribution in [0.2, 0.25) is 0 Å². The number of aliphatic hydroxyl groups excluding tert-OH is 1. The Bertz CT molecular complexity index is 597. The molecular formula is C17H20N2O. The van der Waals surface area contributed by atoms with E-state index in [-0.39, 0.29) is 5.92 Å². The first-order valence-electron chi connectivity index (χ1n) is 7.37. The largest absolute Gasteiger partial charge is 0.386 e. The maximum Gasteiger partial charge on any atom is 0.105 e. The van der Waals surface area contributed by atoms with Gasteiger partial charge in [0.15, 0.2) is 0 Å². The molecule has 2 unspecified atom stereocenters. The standard InChI is InChI=1S/C17H20N2O/c1-2-12-7-4-11-19-16(12)17(20)14-9-3-6-13-8-5-10-18-15(13)14/h4-5,7-8,10-11,14,17,20H,2-3,6,9H2,1H3. The molecule has 2 heterocycles. The maximum atomic E-state index is 10.8. The number of pyridine rings is 2. The fourth-order valence-corrected chi connectivity index (χ4v) is 3.16. The Morgan fingerprint density at radius 3 is 2.90 bits per heavy atom. The van der Waals surface area contributed by atoms with Gasteiger partial charge in [0, 0.05) is 24.0 Å². The number of fused-ring (bicyclic) bond motifs is 1. The highest BCUT2D eigenvalue weighted by atomic mass is 16.3. The molecule has 1 N–H and O–H groups in total. The zero-order valence-electron chi connectivity index (χ0n) is 11.8. The lowest BCUT2D eigenvalue weighted by Crippen LogP contribution is -2.20. The third-order valence-corrected chi connectivity index (χ3v) is 4.21. The Kier molecular flexibility index (Phi) is 3.79. The van der Waals surface area contributed by atoms with Gasteiger partial charge < -0.3 is 5.11 Å². The minimum absolute atomic E-state index is 0.0696. The van der Waals surface area contributed by atoms with Gasteiger partial charge in [-0.05, 0) is 48.9 Å². The van der Waals surface area contributed by atoms with E-state index in [1.165, 1.54) is 5.56 Å². The van der Waals surface area contributed by atoms with Gasteiger partial charge in [0.1, 0.15) is 6.10 Å². The fourth-order valence-electron chi connectivity index (χ4n) is 3.16. The highest BCUT2D eigenvalue weighted by Gasteiger charge is 2.30. The molecule has 2 aromatic heterocycles. The van der Waals surface area contributed by atoms with E-state index in [9.17, 15) is 5.11 Å². The number of rotatable bonds is 3. The molecule has 2 atom stereocenters. The third kappa shape index (κ3) is 2.34. The van der Waals surface area contributed by atoms with E-state index in [1.807, 2.05) is 24.4 Å². The molecule has 0 aliphatic heterocycles. The molecule has 20 heavy (non-hydrogen) atoms. The molecule has 0 fully saturated rings. The van der Waals surface area contributed by atoms with Crippen LogP contribution in [0.25, 0.3) is 0 Å². The van der Waals surface area contributed by atoms with E-state index < -0.39 is 6.10 Å². The molecule has 0 aromatic carbocycles. The number of aromatic nitrogens is 2. The number of hydrogen-bond donors (Lipinski definition) is 1. The van der Waals surface area contributed by atoms with Crippen LogP contribution in [-0.4, -0.2) is 15.1 Å². The van der Waals surface area contributed by atoms with Gasteiger partial charge in [0.25, 0.3) is 0 Å². The minimum atomic E-state index is -0.555. The van der Waals surface area contributed by atoms with E-state index in [0.717, 1.165) is 42.6 Å². The van der Waals surface area contributed by atoms with Crippen LogP contribution in [-0.2, 0) is 12.8 Å². The first kappa shape index (κ1) is 13.3. The first-order valence-corrected chi connectivity index (χ1v) is 7.37. The Morgan fingerprint density at radius 1 is 1.25 bits per heavy atom. The summed E-state index contributed by atoms with van der Waals surface area (Å²) in [5.74, 6) is 0.0696. The molecule has 0 saturated carbocycles. The highest BCUT2D eigenvalue weighted by molar-refractivity contribution is 5.31. The summed E-state index contributed by atoms with van der Waals surface area (Å²) in [5.41, 5.74) is 4.28. The van der Waals surface area contributed by atoms with E-state index in [4.69, 9.17) is 0 Å². The van der Waals surface area contributed by atoms with E-state index in [1.54, 1.807) is 6.20 Å². The van der Waals surface area contributed by atoms with Crippen molar-refractivity contribution in [2.75, 3.05) is 0 Å². The van der Waals surface area contributed by atoms with Gasteiger partial charge in [-0.2, -0.15) is 0 Å². The number of aryl methyl sites for hydroxylation is 2. The zero-order valence-corrected chi connectivity index (χ0v) is 11.8. The van der Waals surface area contributed by atoms with Crippen LogP contribution in [0.4, 0.5) is 0 Å². The van der Waals surface area contributed by atoms with Crippen LogP contribution in [0, 0.1) is 0 Å². The first-order chi connectivity index (χ1) is 9.81. The average molecular weight is 268 g/mol. The van der Waals surface area contributed by atoms with Crippen LogP contribution in [0.15, 0.2) is 36.7 Å². The van der Waals surface area contributed by atoms with Crippen molar-refractivity contribution in [2.24, 2.45) is 0 Å². The molecule has 0 amide bonds. The van der Waals surface area contributed by atoms with Crippen molar-refractivity contribution in [3.8, 4) is 0 Å². The van der Waals surface area contributed by atoms with E-state index >= 15 is 0 Å². The van der Waals surface area contributed by atoms with Crippen molar-refractivity contribution in [2.45, 2.75) is 44.6 Å². The average Bonchev–Trinajstić information content (AvgIpc) is 2.53. The number of nitrogens with zero attached hydrogens (tertiary/aromatic N) is 2. The Morgan fingerprint density at radius 2 is 2.05 bits per heavy atom. The molecule has 2 aromatic rings. The predicted octanol–water partition coefficient (Wildman–Crippen LogP) is 3.19. The van der Waals surface area contributed by atoms with Crippen LogP contribution >= 0.6 is 0 Å². The van der Waals surface area contributed by atoms with Gasteiger partial charge in [-0.1, -0.05) is 19.1 Å². The van der Waals surface area contributed by atoms with Gasteiger partial charge >= 0.3 is 0 Å². The number of aliphatic hydroxyl groups is 1. The van der Waals surface area contributed by atoms with Crippen LogP contribution in [0.5, 0.6) is 0 Å². The van der Waals surface area contributed by atoms with Crippen LogP contribution in [0.1, 0.15) is 54.3 Å². The van der Waals surface area contributed by atoms with Crippen molar-refractivity contribution in [3.05, 3.63) is 59.2 Å². The van der Waals surface area contributed by atoms with Crippen molar-refractivity contribution < 1.29 is 5.11 Å². The van der Waals surface area contributed by atoms with Crippen molar-refractivity contribution in [1.29, 1.82) is 0 Å². The Labute approximate surface area is 119 Å². The summed E-state index contributed by atoms with van der Waals surface area (Å²) < 4.78 is 0. The lowest BCUT2D eigenvalue weighted by molar-refractivity contribution is 0.128. The summed E-state index contributed by atoms with van der Waals surface area (Å²) in [7, 11) is 0. The quantitative estimate of drug-likeness (QED) is 0.930. The molecule has 3 rings (SSSR count). The summed E-state index contributed by atoms with van der Waals surface area (Å²) in [6, 6.07) is 8.09. The monoisotopic (exact) mass is 268 g/mol. The van der Waals surface area contributed by atoms with Gasteiger partial charge in [-0.15, -0.1) is 0 Å². The second kappa shape index (κ2) is 5.71. The van der Waals surface area contributed by atoms with Crippen molar-refractivity contribution >= 4 is 0 Å². The van der Waals surface area contributed by atoms with Crippen LogP contribution < -0.4 is 0 Å². The second-order valence-corrected chi connectivity index (χ2v) is 5.39. The molecule has 0 spiro atoms. The van der Waals surface area contributed by atoms with E-state index in [2.05, 4.69) is 23.0 Å². The van der Waals surface area contributed by atoms with Gasteiger partial charge in [-0.25, -0.2) is 0 Å². The normalized spacial score (nSPS) is 19.4. The van der Waals surface area contributed by atoms with Gasteiger partial charge in [-0.3, -0.25) is 9.97 Å². The summed E-state index contributed by atoms with van der Waals surface area (Å²) in [6.45, 7) is 2.10. The predicted molar refractivity (Wildman–Crippen MR) is 78.5 cm³/mol. The summed E-state index contributed by atoms with van der Waals surface area (Å²) in [4.78, 5) is 8.93. The molecular weight excluding hydrogens is 248 g/mol. The second-order valence-electron chi connectivity index (χ2n) is 5.39. The van der Waals surface area contributed by atoms with Crippen molar-refractivity contribution in [3.63, 3.8) is 0 Å². The lowest BCUT2D eigenvalue weighted by Gasteiger charge is -2.28. The zero-order chi connectivity index (χ0) is 13.9. The fraction of sp³-hybridized carbons (Fsp3) is 0.412. The minimum Gasteiger partial charge on any atom is -0.386 e. The molecule has 3 nitrogen and oxygen atoms in total. The Balaban J connectivity index is 1.97.